The van der Waals surface area contributed by atoms with E-state index >= 15 is 0 Å². The van der Waals surface area contributed by atoms with E-state index in [0.29, 0.717) is 12.1 Å². The minimum absolute atomic E-state index is 0.616. The van der Waals surface area contributed by atoms with Crippen LogP contribution in [0.2, 0.25) is 0 Å². The molecule has 2 aromatic rings. The van der Waals surface area contributed by atoms with Crippen LogP contribution in [-0.2, 0) is 6.54 Å². The predicted molar refractivity (Wildman–Crippen MR) is 90.6 cm³/mol. The van der Waals surface area contributed by atoms with E-state index in [2.05, 4.69) is 41.8 Å². The summed E-state index contributed by atoms with van der Waals surface area (Å²) in [6.45, 7) is 3.05. The molecule has 0 aliphatic carbocycles. The van der Waals surface area contributed by atoms with Crippen molar-refractivity contribution < 1.29 is 4.74 Å². The number of anilines is 1. The summed E-state index contributed by atoms with van der Waals surface area (Å²) in [5.41, 5.74) is 1.11. The van der Waals surface area contributed by atoms with Crippen LogP contribution in [0.4, 0.5) is 5.13 Å². The molecule has 3 aliphatic rings. The Hall–Kier alpha value is -1.18. The Morgan fingerprint density at radius 2 is 2.09 bits per heavy atom. The van der Waals surface area contributed by atoms with Crippen molar-refractivity contribution in [3.8, 4) is 5.75 Å². The zero-order valence-corrected chi connectivity index (χ0v) is 14.7. The lowest BCUT2D eigenvalue weighted by Crippen LogP contribution is -2.68. The van der Waals surface area contributed by atoms with Crippen molar-refractivity contribution in [3.05, 3.63) is 34.0 Å². The van der Waals surface area contributed by atoms with Crippen LogP contribution in [0.5, 0.6) is 5.75 Å². The van der Waals surface area contributed by atoms with Crippen LogP contribution in [0.1, 0.15) is 12.1 Å². The SMILES string of the molecule is COc1ccc(CN2C3CC2CN(c2ncc(Br)s2)C3)nc1. The second-order valence-electron chi connectivity index (χ2n) is 5.76. The molecule has 5 nitrogen and oxygen atoms in total. The highest BCUT2D eigenvalue weighted by Crippen LogP contribution is 2.37. The number of hydrogen-bond acceptors (Lipinski definition) is 6. The Bertz CT molecular complexity index is 650. The van der Waals surface area contributed by atoms with E-state index in [9.17, 15) is 0 Å². The first-order valence-corrected chi connectivity index (χ1v) is 8.95. The van der Waals surface area contributed by atoms with Gasteiger partial charge < -0.3 is 9.64 Å². The smallest absolute Gasteiger partial charge is 0.186 e. The van der Waals surface area contributed by atoms with E-state index in [1.54, 1.807) is 24.6 Å². The first-order valence-electron chi connectivity index (χ1n) is 7.34. The standard InChI is InChI=1S/C15H17BrN4OS/c1-21-13-3-2-10(17-5-13)7-20-11-4-12(20)9-19(8-11)15-18-6-14(16)22-15/h2-3,5-6,11-12H,4,7-9H2,1H3. The molecule has 7 heteroatoms. The highest BCUT2D eigenvalue weighted by molar-refractivity contribution is 9.11. The van der Waals surface area contributed by atoms with E-state index in [1.807, 2.05) is 12.3 Å². The van der Waals surface area contributed by atoms with Gasteiger partial charge in [-0.05, 0) is 34.5 Å². The van der Waals surface area contributed by atoms with E-state index in [-0.39, 0.29) is 0 Å². The van der Waals surface area contributed by atoms with Gasteiger partial charge >= 0.3 is 0 Å². The molecule has 2 unspecified atom stereocenters. The van der Waals surface area contributed by atoms with Gasteiger partial charge in [-0.3, -0.25) is 9.88 Å². The second-order valence-corrected chi connectivity index (χ2v) is 8.15. The van der Waals surface area contributed by atoms with Crippen molar-refractivity contribution in [2.24, 2.45) is 0 Å². The predicted octanol–water partition coefficient (Wildman–Crippen LogP) is 2.77. The van der Waals surface area contributed by atoms with Gasteiger partial charge in [0.05, 0.1) is 29.0 Å². The molecule has 0 N–H and O–H groups in total. The van der Waals surface area contributed by atoms with E-state index in [0.717, 1.165) is 40.0 Å². The van der Waals surface area contributed by atoms with Gasteiger partial charge in [0.25, 0.3) is 0 Å². The summed E-state index contributed by atoms with van der Waals surface area (Å²) in [7, 11) is 1.67. The normalized spacial score (nSPS) is 24.2. The third kappa shape index (κ3) is 2.61. The number of methoxy groups -OCH3 is 1. The minimum Gasteiger partial charge on any atom is -0.495 e. The molecule has 3 aliphatic heterocycles. The van der Waals surface area contributed by atoms with Gasteiger partial charge in [-0.1, -0.05) is 11.3 Å². The molecule has 2 aromatic heterocycles. The maximum Gasteiger partial charge on any atom is 0.186 e. The Morgan fingerprint density at radius 1 is 1.27 bits per heavy atom. The fourth-order valence-corrected chi connectivity index (χ4v) is 4.51. The summed E-state index contributed by atoms with van der Waals surface area (Å²) in [4.78, 5) is 13.9. The minimum atomic E-state index is 0.616. The number of piperazine rings is 1. The monoisotopic (exact) mass is 380 g/mol. The molecule has 0 radical (unpaired) electrons. The molecular weight excluding hydrogens is 364 g/mol. The largest absolute Gasteiger partial charge is 0.495 e. The zero-order valence-electron chi connectivity index (χ0n) is 12.3. The van der Waals surface area contributed by atoms with Gasteiger partial charge in [-0.25, -0.2) is 4.98 Å². The van der Waals surface area contributed by atoms with Gasteiger partial charge in [0.2, 0.25) is 0 Å². The zero-order chi connectivity index (χ0) is 15.1. The number of hydrogen-bond donors (Lipinski definition) is 0. The first-order chi connectivity index (χ1) is 10.7. The Morgan fingerprint density at radius 3 is 2.68 bits per heavy atom. The van der Waals surface area contributed by atoms with Gasteiger partial charge in [-0.15, -0.1) is 0 Å². The quantitative estimate of drug-likeness (QED) is 0.815. The van der Waals surface area contributed by atoms with Gasteiger partial charge in [0, 0.05) is 31.7 Å². The van der Waals surface area contributed by atoms with Crippen LogP contribution in [0.15, 0.2) is 28.3 Å². The number of thiazole rings is 1. The van der Waals surface area contributed by atoms with Crippen molar-refractivity contribution in [1.29, 1.82) is 0 Å². The van der Waals surface area contributed by atoms with Crippen molar-refractivity contribution in [2.75, 3.05) is 25.1 Å². The number of halogens is 1. The van der Waals surface area contributed by atoms with E-state index in [1.165, 1.54) is 6.42 Å². The molecular formula is C15H17BrN4OS. The fourth-order valence-electron chi connectivity index (χ4n) is 3.31. The van der Waals surface area contributed by atoms with Crippen molar-refractivity contribution in [1.82, 2.24) is 14.9 Å². The lowest BCUT2D eigenvalue weighted by atomic mass is 9.87. The molecule has 2 bridgehead atoms. The third-order valence-corrected chi connectivity index (χ3v) is 6.00. The van der Waals surface area contributed by atoms with E-state index < -0.39 is 0 Å². The molecule has 116 valence electrons. The van der Waals surface area contributed by atoms with Crippen molar-refractivity contribution >= 4 is 32.4 Å². The van der Waals surface area contributed by atoms with Crippen LogP contribution in [0, 0.1) is 0 Å². The molecule has 2 atom stereocenters. The molecule has 3 saturated heterocycles. The molecule has 0 amide bonds. The summed E-state index contributed by atoms with van der Waals surface area (Å²) < 4.78 is 6.26. The topological polar surface area (TPSA) is 41.5 Å². The molecule has 0 aromatic carbocycles. The van der Waals surface area contributed by atoms with E-state index in [4.69, 9.17) is 4.74 Å². The summed E-state index contributed by atoms with van der Waals surface area (Å²) in [6, 6.07) is 5.27. The average Bonchev–Trinajstić information content (AvgIpc) is 3.00. The van der Waals surface area contributed by atoms with Crippen molar-refractivity contribution in [2.45, 2.75) is 25.0 Å². The molecule has 0 spiro atoms. The van der Waals surface area contributed by atoms with Gasteiger partial charge in [-0.2, -0.15) is 0 Å². The number of fused-ring (bicyclic) bond motifs is 2. The lowest BCUT2D eigenvalue weighted by Gasteiger charge is -2.56. The number of aromatic nitrogens is 2. The highest BCUT2D eigenvalue weighted by atomic mass is 79.9. The summed E-state index contributed by atoms with van der Waals surface area (Å²) >= 11 is 5.21. The number of nitrogens with zero attached hydrogens (tertiary/aromatic N) is 4. The highest BCUT2D eigenvalue weighted by Gasteiger charge is 2.45. The fraction of sp³-hybridized carbons (Fsp3) is 0.467. The molecule has 5 rings (SSSR count). The number of ether oxygens (including phenoxy) is 1. The Balaban J connectivity index is 1.40. The van der Waals surface area contributed by atoms with Crippen LogP contribution >= 0.6 is 27.3 Å². The lowest BCUT2D eigenvalue weighted by molar-refractivity contribution is -0.00945. The maximum absolute atomic E-state index is 5.16. The van der Waals surface area contributed by atoms with Gasteiger partial charge in [0.15, 0.2) is 5.13 Å². The summed E-state index contributed by atoms with van der Waals surface area (Å²) in [5.74, 6) is 0.813. The number of piperidine rings is 1. The van der Waals surface area contributed by atoms with Gasteiger partial charge in [0.1, 0.15) is 5.75 Å². The van der Waals surface area contributed by atoms with Crippen LogP contribution in [0.25, 0.3) is 0 Å². The second kappa shape index (κ2) is 5.79. The number of rotatable bonds is 4. The summed E-state index contributed by atoms with van der Waals surface area (Å²) in [6.07, 6.45) is 4.97. The molecule has 22 heavy (non-hydrogen) atoms. The Labute approximate surface area is 142 Å². The van der Waals surface area contributed by atoms with Crippen LogP contribution in [-0.4, -0.2) is 47.2 Å². The number of pyridine rings is 1. The average molecular weight is 381 g/mol. The maximum atomic E-state index is 5.16. The van der Waals surface area contributed by atoms with Crippen LogP contribution in [0.3, 0.4) is 0 Å². The molecule has 3 fully saturated rings. The first kappa shape index (κ1) is 14.4. The summed E-state index contributed by atoms with van der Waals surface area (Å²) in [5, 5.41) is 1.13. The molecule has 5 heterocycles. The Kier molecular flexibility index (Phi) is 3.79. The molecule has 0 saturated carbocycles. The van der Waals surface area contributed by atoms with Crippen LogP contribution < -0.4 is 9.64 Å². The van der Waals surface area contributed by atoms with Crippen molar-refractivity contribution in [3.63, 3.8) is 0 Å². The third-order valence-electron chi connectivity index (χ3n) is 4.46.